The van der Waals surface area contributed by atoms with Gasteiger partial charge in [-0.05, 0) is 19.1 Å². The first-order valence-electron chi connectivity index (χ1n) is 7.30. The molecule has 8 nitrogen and oxygen atoms in total. The maximum absolute atomic E-state index is 12.1. The molecule has 0 bridgehead atoms. The van der Waals surface area contributed by atoms with Crippen LogP contribution in [0.1, 0.15) is 12.7 Å². The van der Waals surface area contributed by atoms with Gasteiger partial charge in [0.15, 0.2) is 0 Å². The van der Waals surface area contributed by atoms with Gasteiger partial charge in [0, 0.05) is 51.5 Å². The molecule has 0 aliphatic heterocycles. The number of hydrogen-bond donors (Lipinski definition) is 2. The number of carboxylic acid groups (broad SMARTS) is 1. The van der Waals surface area contributed by atoms with Crippen LogP contribution in [0.3, 0.4) is 0 Å². The van der Waals surface area contributed by atoms with Gasteiger partial charge in [-0.1, -0.05) is 0 Å². The van der Waals surface area contributed by atoms with Crippen LogP contribution >= 0.6 is 0 Å². The Labute approximate surface area is 135 Å². The Morgan fingerprint density at radius 1 is 1.39 bits per heavy atom. The number of carbonyl (C=O) groups is 2. The molecule has 0 fully saturated rings. The van der Waals surface area contributed by atoms with Crippen molar-refractivity contribution < 1.29 is 14.7 Å². The van der Waals surface area contributed by atoms with Gasteiger partial charge in [-0.3, -0.25) is 4.79 Å². The minimum Gasteiger partial charge on any atom is -0.483 e. The third kappa shape index (κ3) is 6.25. The van der Waals surface area contributed by atoms with Crippen LogP contribution in [0.25, 0.3) is 0 Å². The maximum atomic E-state index is 12.1. The monoisotopic (exact) mass is 321 g/mol. The van der Waals surface area contributed by atoms with E-state index in [0.717, 1.165) is 12.4 Å². The highest BCUT2D eigenvalue weighted by molar-refractivity contribution is 5.73. The van der Waals surface area contributed by atoms with E-state index < -0.39 is 0 Å². The zero-order valence-electron chi connectivity index (χ0n) is 13.4. The molecule has 2 rings (SSSR count). The van der Waals surface area contributed by atoms with Crippen molar-refractivity contribution in [3.63, 3.8) is 0 Å². The largest absolute Gasteiger partial charge is 0.483 e. The van der Waals surface area contributed by atoms with Gasteiger partial charge < -0.3 is 24.5 Å². The number of amides is 2. The van der Waals surface area contributed by atoms with Crippen LogP contribution < -0.4 is 5.32 Å². The molecule has 126 valence electrons. The SMILES string of the molecule is CCN(Cc1nccn1C)C(=O)NCCn1cccc1.O=CO. The Kier molecular flexibility index (Phi) is 7.98. The summed E-state index contributed by atoms with van der Waals surface area (Å²) < 4.78 is 3.96. The molecular formula is C15H23N5O3. The van der Waals surface area contributed by atoms with E-state index in [0.29, 0.717) is 19.6 Å². The van der Waals surface area contributed by atoms with Gasteiger partial charge in [0.2, 0.25) is 0 Å². The van der Waals surface area contributed by atoms with Gasteiger partial charge in [-0.15, -0.1) is 0 Å². The minimum atomic E-state index is -0.250. The average molecular weight is 321 g/mol. The van der Waals surface area contributed by atoms with Gasteiger partial charge in [0.05, 0.1) is 6.54 Å². The molecule has 0 unspecified atom stereocenters. The van der Waals surface area contributed by atoms with Crippen LogP contribution in [0, 0.1) is 0 Å². The summed E-state index contributed by atoms with van der Waals surface area (Å²) in [7, 11) is 1.93. The summed E-state index contributed by atoms with van der Waals surface area (Å²) in [4.78, 5) is 26.5. The van der Waals surface area contributed by atoms with Crippen LogP contribution in [0.4, 0.5) is 4.79 Å². The molecule has 2 aromatic rings. The Balaban J connectivity index is 0.000000816. The molecule has 8 heteroatoms. The second kappa shape index (κ2) is 10.0. The average Bonchev–Trinajstić information content (AvgIpc) is 3.17. The van der Waals surface area contributed by atoms with Crippen molar-refractivity contribution in [3.8, 4) is 0 Å². The second-order valence-corrected chi connectivity index (χ2v) is 4.73. The Bertz CT molecular complexity index is 580. The predicted molar refractivity (Wildman–Crippen MR) is 85.8 cm³/mol. The highest BCUT2D eigenvalue weighted by Gasteiger charge is 2.13. The Morgan fingerprint density at radius 3 is 2.57 bits per heavy atom. The van der Waals surface area contributed by atoms with E-state index in [9.17, 15) is 4.79 Å². The molecule has 0 spiro atoms. The quantitative estimate of drug-likeness (QED) is 0.781. The van der Waals surface area contributed by atoms with Gasteiger partial charge in [0.25, 0.3) is 6.47 Å². The Morgan fingerprint density at radius 2 is 2.04 bits per heavy atom. The number of aromatic nitrogens is 3. The summed E-state index contributed by atoms with van der Waals surface area (Å²) in [6.45, 7) is 4.29. The van der Waals surface area contributed by atoms with Gasteiger partial charge in [-0.2, -0.15) is 0 Å². The fourth-order valence-electron chi connectivity index (χ4n) is 1.97. The lowest BCUT2D eigenvalue weighted by Crippen LogP contribution is -2.41. The molecule has 0 radical (unpaired) electrons. The van der Waals surface area contributed by atoms with E-state index in [1.54, 1.807) is 11.1 Å². The van der Waals surface area contributed by atoms with Gasteiger partial charge >= 0.3 is 6.03 Å². The predicted octanol–water partition coefficient (Wildman–Crippen LogP) is 1.15. The minimum absolute atomic E-state index is 0.0531. The summed E-state index contributed by atoms with van der Waals surface area (Å²) in [6, 6.07) is 3.89. The lowest BCUT2D eigenvalue weighted by atomic mass is 10.4. The molecule has 0 aliphatic rings. The topological polar surface area (TPSA) is 92.4 Å². The fourth-order valence-corrected chi connectivity index (χ4v) is 1.97. The molecule has 0 aliphatic carbocycles. The van der Waals surface area contributed by atoms with E-state index >= 15 is 0 Å². The number of nitrogens with one attached hydrogen (secondary N) is 1. The highest BCUT2D eigenvalue weighted by atomic mass is 16.3. The third-order valence-corrected chi connectivity index (χ3v) is 3.23. The Hall–Kier alpha value is -2.77. The van der Waals surface area contributed by atoms with Crippen molar-refractivity contribution in [2.75, 3.05) is 13.1 Å². The molecule has 2 aromatic heterocycles. The van der Waals surface area contributed by atoms with E-state index in [1.807, 2.05) is 53.8 Å². The third-order valence-electron chi connectivity index (χ3n) is 3.23. The molecule has 0 saturated heterocycles. The maximum Gasteiger partial charge on any atom is 0.317 e. The number of nitrogens with zero attached hydrogens (tertiary/aromatic N) is 4. The highest BCUT2D eigenvalue weighted by Crippen LogP contribution is 2.01. The van der Waals surface area contributed by atoms with Crippen molar-refractivity contribution in [2.24, 2.45) is 7.05 Å². The van der Waals surface area contributed by atoms with E-state index in [1.165, 1.54) is 0 Å². The second-order valence-electron chi connectivity index (χ2n) is 4.73. The van der Waals surface area contributed by atoms with E-state index in [-0.39, 0.29) is 12.5 Å². The van der Waals surface area contributed by atoms with Crippen molar-refractivity contribution in [2.45, 2.75) is 20.0 Å². The molecule has 2 heterocycles. The number of imidazole rings is 1. The van der Waals surface area contributed by atoms with Crippen LogP contribution in [-0.4, -0.2) is 49.7 Å². The van der Waals surface area contributed by atoms with Gasteiger partial charge in [0.1, 0.15) is 5.82 Å². The summed E-state index contributed by atoms with van der Waals surface area (Å²) in [5.41, 5.74) is 0. The standard InChI is InChI=1S/C14H21N5O.CH2O2/c1-3-19(12-13-15-6-10-17(13)2)14(20)16-7-11-18-8-4-5-9-18;2-1-3/h4-6,8-10H,3,7,11-12H2,1-2H3,(H,16,20);1H,(H,2,3). The van der Waals surface area contributed by atoms with Crippen molar-refractivity contribution in [1.29, 1.82) is 0 Å². The lowest BCUT2D eigenvalue weighted by Gasteiger charge is -2.21. The van der Waals surface area contributed by atoms with Crippen molar-refractivity contribution in [1.82, 2.24) is 24.3 Å². The van der Waals surface area contributed by atoms with Crippen LogP contribution in [0.5, 0.6) is 0 Å². The molecule has 0 atom stereocenters. The zero-order chi connectivity index (χ0) is 17.1. The number of rotatable bonds is 6. The lowest BCUT2D eigenvalue weighted by molar-refractivity contribution is -0.122. The number of carbonyl (C=O) groups excluding carboxylic acids is 1. The van der Waals surface area contributed by atoms with Gasteiger partial charge in [-0.25, -0.2) is 9.78 Å². The first kappa shape index (κ1) is 18.3. The number of aryl methyl sites for hydroxylation is 1. The molecule has 2 N–H and O–H groups in total. The first-order chi connectivity index (χ1) is 11.1. The normalized spacial score (nSPS) is 9.65. The molecule has 23 heavy (non-hydrogen) atoms. The smallest absolute Gasteiger partial charge is 0.317 e. The van der Waals surface area contributed by atoms with Crippen LogP contribution in [-0.2, 0) is 24.9 Å². The van der Waals surface area contributed by atoms with E-state index in [2.05, 4.69) is 10.3 Å². The summed E-state index contributed by atoms with van der Waals surface area (Å²) in [6.07, 6.45) is 7.59. The summed E-state index contributed by atoms with van der Waals surface area (Å²) in [5.74, 6) is 0.882. The van der Waals surface area contributed by atoms with E-state index in [4.69, 9.17) is 9.90 Å². The molecule has 0 aromatic carbocycles. The zero-order valence-corrected chi connectivity index (χ0v) is 13.4. The summed E-state index contributed by atoms with van der Waals surface area (Å²) in [5, 5.41) is 9.82. The first-order valence-corrected chi connectivity index (χ1v) is 7.30. The van der Waals surface area contributed by atoms with Crippen molar-refractivity contribution in [3.05, 3.63) is 42.7 Å². The summed E-state index contributed by atoms with van der Waals surface area (Å²) >= 11 is 0. The van der Waals surface area contributed by atoms with Crippen LogP contribution in [0.2, 0.25) is 0 Å². The van der Waals surface area contributed by atoms with Crippen LogP contribution in [0.15, 0.2) is 36.9 Å². The molecule has 2 amide bonds. The number of hydrogen-bond acceptors (Lipinski definition) is 3. The van der Waals surface area contributed by atoms with Crippen molar-refractivity contribution >= 4 is 12.5 Å². The number of urea groups is 1. The molecule has 0 saturated carbocycles. The molecular weight excluding hydrogens is 298 g/mol. The fraction of sp³-hybridized carbons (Fsp3) is 0.400.